The number of phosphoric acid groups is 2. The first-order valence-electron chi connectivity index (χ1n) is 10.3. The van der Waals surface area contributed by atoms with Crippen molar-refractivity contribution in [1.82, 2.24) is 9.55 Å². The highest BCUT2D eigenvalue weighted by molar-refractivity contribution is 7.61. The first-order valence-corrected chi connectivity index (χ1v) is 13.3. The lowest BCUT2D eigenvalue weighted by Gasteiger charge is -2.39. The van der Waals surface area contributed by atoms with Gasteiger partial charge >= 0.3 is 21.3 Å². The van der Waals surface area contributed by atoms with Gasteiger partial charge in [-0.25, -0.2) is 13.9 Å². The number of hydrogen-bond donors (Lipinski definition) is 8. The molecule has 206 valence electrons. The predicted octanol–water partition coefficient (Wildman–Crippen LogP) is -3.46. The van der Waals surface area contributed by atoms with Crippen LogP contribution in [0.15, 0.2) is 15.8 Å². The van der Waals surface area contributed by atoms with E-state index in [1.54, 1.807) is 0 Å². The van der Waals surface area contributed by atoms with Gasteiger partial charge in [-0.1, -0.05) is 0 Å². The number of nitrogens with one attached hydrogen (secondary N) is 1. The molecule has 2 saturated heterocycles. The third kappa shape index (κ3) is 6.75. The normalized spacial score (nSPS) is 36.3. The molecule has 0 aromatic carbocycles. The van der Waals surface area contributed by atoms with Gasteiger partial charge in [0, 0.05) is 18.2 Å². The zero-order chi connectivity index (χ0) is 27.0. The second kappa shape index (κ2) is 11.2. The van der Waals surface area contributed by atoms with Crippen LogP contribution in [0.5, 0.6) is 0 Å². The van der Waals surface area contributed by atoms with Crippen LogP contribution in [0.2, 0.25) is 0 Å². The maximum absolute atomic E-state index is 12.2. The van der Waals surface area contributed by atoms with E-state index in [1.807, 2.05) is 0 Å². The molecule has 20 heteroatoms. The number of aliphatic hydroxyl groups excluding tert-OH is 5. The zero-order valence-corrected chi connectivity index (χ0v) is 20.3. The van der Waals surface area contributed by atoms with Crippen LogP contribution >= 0.6 is 15.6 Å². The molecule has 8 N–H and O–H groups in total. The summed E-state index contributed by atoms with van der Waals surface area (Å²) in [4.78, 5) is 45.2. The molecular formula is C16H26N2O16P2. The van der Waals surface area contributed by atoms with Crippen molar-refractivity contribution in [2.75, 3.05) is 13.2 Å². The molecule has 1 aromatic heterocycles. The van der Waals surface area contributed by atoms with Gasteiger partial charge in [0.1, 0.15) is 36.7 Å². The van der Waals surface area contributed by atoms with E-state index in [1.165, 1.54) is 13.1 Å². The number of aryl methyl sites for hydroxylation is 1. The molecule has 0 amide bonds. The van der Waals surface area contributed by atoms with Crippen molar-refractivity contribution >= 4 is 15.6 Å². The number of hydrogen-bond acceptors (Lipinski definition) is 14. The van der Waals surface area contributed by atoms with E-state index in [4.69, 9.17) is 14.6 Å². The van der Waals surface area contributed by atoms with Crippen molar-refractivity contribution in [3.63, 3.8) is 0 Å². The van der Waals surface area contributed by atoms with Crippen molar-refractivity contribution in [3.8, 4) is 0 Å². The second-order valence-corrected chi connectivity index (χ2v) is 11.0. The zero-order valence-electron chi connectivity index (χ0n) is 18.5. The molecule has 10 atom stereocenters. The van der Waals surface area contributed by atoms with Crippen molar-refractivity contribution < 1.29 is 67.3 Å². The first-order chi connectivity index (χ1) is 16.6. The Bertz CT molecular complexity index is 1140. The standard InChI is InChI=1S/C16H26N2O16P2/c1-6-3-18(16(25)17-14(6)24)10-2-7(20)9(31-10)5-30-35(26,27)34-36(28,29)33-15-13(23)12(22)11(21)8(4-19)32-15/h3,7-13,15,19-23H,2,4-5H2,1H3,(H,26,27)(H,28,29)(H,17,24,25)/t7-,8+,9+,10+,11-,12-,13+,15-/m0/s1. The minimum atomic E-state index is -5.54. The highest BCUT2D eigenvalue weighted by Gasteiger charge is 2.48. The lowest BCUT2D eigenvalue weighted by molar-refractivity contribution is -0.280. The topological polar surface area (TPSA) is 277 Å². The van der Waals surface area contributed by atoms with Gasteiger partial charge in [0.05, 0.1) is 19.3 Å². The van der Waals surface area contributed by atoms with Crippen LogP contribution in [0.4, 0.5) is 0 Å². The average molecular weight is 564 g/mol. The second-order valence-electron chi connectivity index (χ2n) is 8.03. The van der Waals surface area contributed by atoms with Gasteiger partial charge in [-0.2, -0.15) is 4.31 Å². The van der Waals surface area contributed by atoms with Crippen molar-refractivity contribution in [2.45, 2.75) is 62.5 Å². The summed E-state index contributed by atoms with van der Waals surface area (Å²) in [6.07, 6.45) is -12.2. The molecule has 18 nitrogen and oxygen atoms in total. The molecule has 0 aliphatic carbocycles. The lowest BCUT2D eigenvalue weighted by atomic mass is 10.00. The maximum Gasteiger partial charge on any atom is 0.483 e. The molecule has 0 saturated carbocycles. The summed E-state index contributed by atoms with van der Waals surface area (Å²) in [5.41, 5.74) is -1.27. The van der Waals surface area contributed by atoms with Crippen LogP contribution in [0, 0.1) is 6.92 Å². The molecule has 2 fully saturated rings. The number of rotatable bonds is 9. The summed E-state index contributed by atoms with van der Waals surface area (Å²) < 4.78 is 48.8. The number of H-pyrrole nitrogens is 1. The number of phosphoric ester groups is 2. The van der Waals surface area contributed by atoms with E-state index in [0.29, 0.717) is 0 Å². The number of aromatic nitrogens is 2. The van der Waals surface area contributed by atoms with Gasteiger partial charge < -0.3 is 44.8 Å². The van der Waals surface area contributed by atoms with E-state index in [9.17, 15) is 48.9 Å². The minimum absolute atomic E-state index is 0.172. The smallest absolute Gasteiger partial charge is 0.394 e. The molecular weight excluding hydrogens is 538 g/mol. The summed E-state index contributed by atoms with van der Waals surface area (Å²) >= 11 is 0. The van der Waals surface area contributed by atoms with E-state index in [-0.39, 0.29) is 12.0 Å². The summed E-state index contributed by atoms with van der Waals surface area (Å²) in [7, 11) is -10.9. The maximum atomic E-state index is 12.2. The molecule has 2 aliphatic heterocycles. The molecule has 2 unspecified atom stereocenters. The summed E-state index contributed by atoms with van der Waals surface area (Å²) in [6.45, 7) is -0.305. The average Bonchev–Trinajstić information content (AvgIpc) is 3.14. The van der Waals surface area contributed by atoms with Gasteiger partial charge in [-0.3, -0.25) is 23.4 Å². The molecule has 2 aliphatic rings. The molecule has 0 radical (unpaired) electrons. The molecule has 0 bridgehead atoms. The Labute approximate surface area is 201 Å². The fourth-order valence-electron chi connectivity index (χ4n) is 3.46. The largest absolute Gasteiger partial charge is 0.483 e. The third-order valence-electron chi connectivity index (χ3n) is 5.35. The summed E-state index contributed by atoms with van der Waals surface area (Å²) in [5, 5.41) is 48.5. The Morgan fingerprint density at radius 1 is 1.06 bits per heavy atom. The Kier molecular flexibility index (Phi) is 9.08. The fraction of sp³-hybridized carbons (Fsp3) is 0.750. The lowest BCUT2D eigenvalue weighted by Crippen LogP contribution is -2.58. The molecule has 1 aromatic rings. The quantitative estimate of drug-likeness (QED) is 0.135. The van der Waals surface area contributed by atoms with Crippen LogP contribution in [0.3, 0.4) is 0 Å². The highest BCUT2D eigenvalue weighted by Crippen LogP contribution is 2.61. The van der Waals surface area contributed by atoms with Gasteiger partial charge in [0.25, 0.3) is 5.56 Å². The van der Waals surface area contributed by atoms with Crippen LogP contribution in [-0.4, -0.2) is 101 Å². The molecule has 0 spiro atoms. The first kappa shape index (κ1) is 29.2. The van der Waals surface area contributed by atoms with Crippen LogP contribution in [-0.2, 0) is 32.0 Å². The van der Waals surface area contributed by atoms with Gasteiger partial charge in [0.15, 0.2) is 6.29 Å². The monoisotopic (exact) mass is 564 g/mol. The van der Waals surface area contributed by atoms with Crippen LogP contribution < -0.4 is 11.2 Å². The predicted molar refractivity (Wildman–Crippen MR) is 112 cm³/mol. The molecule has 36 heavy (non-hydrogen) atoms. The summed E-state index contributed by atoms with van der Waals surface area (Å²) in [5.74, 6) is 0. The highest BCUT2D eigenvalue weighted by atomic mass is 31.3. The number of ether oxygens (including phenoxy) is 2. The third-order valence-corrected chi connectivity index (χ3v) is 7.95. The van der Waals surface area contributed by atoms with Crippen molar-refractivity contribution in [2.24, 2.45) is 0 Å². The Morgan fingerprint density at radius 2 is 1.72 bits per heavy atom. The number of nitrogens with zero attached hydrogens (tertiary/aromatic N) is 1. The fourth-order valence-corrected chi connectivity index (χ4v) is 5.62. The van der Waals surface area contributed by atoms with Gasteiger partial charge in [-0.15, -0.1) is 0 Å². The van der Waals surface area contributed by atoms with Crippen molar-refractivity contribution in [1.29, 1.82) is 0 Å². The number of aliphatic hydroxyl groups is 5. The van der Waals surface area contributed by atoms with Gasteiger partial charge in [0.2, 0.25) is 0 Å². The SMILES string of the molecule is Cc1cn([C@H]2C[C@H](O)[C@@H](COP(=O)(O)OP(=O)(O)O[C@@H]3O[C@H](CO)[C@H](O)[C@H](O)[C@H]3O)O2)c(=O)[nH]c1=O. The Balaban J connectivity index is 1.59. The van der Waals surface area contributed by atoms with Crippen molar-refractivity contribution in [3.05, 3.63) is 32.6 Å². The van der Waals surface area contributed by atoms with Crippen LogP contribution in [0.1, 0.15) is 18.2 Å². The van der Waals surface area contributed by atoms with Gasteiger partial charge in [-0.05, 0) is 6.92 Å². The van der Waals surface area contributed by atoms with E-state index in [0.717, 1.165) is 4.57 Å². The van der Waals surface area contributed by atoms with Crippen LogP contribution in [0.25, 0.3) is 0 Å². The Hall–Kier alpha value is -1.34. The Morgan fingerprint density at radius 3 is 2.36 bits per heavy atom. The molecule has 3 heterocycles. The number of aromatic amines is 1. The minimum Gasteiger partial charge on any atom is -0.394 e. The van der Waals surface area contributed by atoms with E-state index < -0.39 is 89.2 Å². The molecule has 3 rings (SSSR count). The van der Waals surface area contributed by atoms with E-state index in [2.05, 4.69) is 18.3 Å². The van der Waals surface area contributed by atoms with E-state index >= 15 is 0 Å². The summed E-state index contributed by atoms with van der Waals surface area (Å²) in [6, 6.07) is 0.